The van der Waals surface area contributed by atoms with Gasteiger partial charge in [0.1, 0.15) is 16.3 Å². The summed E-state index contributed by atoms with van der Waals surface area (Å²) in [5.74, 6) is 0.408. The highest BCUT2D eigenvalue weighted by atomic mass is 32.1. The zero-order chi connectivity index (χ0) is 18.7. The molecule has 1 amide bonds. The van der Waals surface area contributed by atoms with Crippen molar-refractivity contribution in [3.8, 4) is 16.9 Å². The Labute approximate surface area is 157 Å². The highest BCUT2D eigenvalue weighted by molar-refractivity contribution is 7.17. The van der Waals surface area contributed by atoms with E-state index in [1.165, 1.54) is 11.3 Å². The van der Waals surface area contributed by atoms with Gasteiger partial charge in [-0.2, -0.15) is 0 Å². The number of amides is 1. The van der Waals surface area contributed by atoms with E-state index in [4.69, 9.17) is 9.47 Å². The fourth-order valence-electron chi connectivity index (χ4n) is 2.76. The third-order valence-electron chi connectivity index (χ3n) is 4.29. The van der Waals surface area contributed by atoms with Crippen LogP contribution in [0.1, 0.15) is 41.4 Å². The van der Waals surface area contributed by atoms with E-state index in [9.17, 15) is 9.59 Å². The number of methoxy groups -OCH3 is 1. The molecule has 0 bridgehead atoms. The maximum Gasteiger partial charge on any atom is 0.341 e. The summed E-state index contributed by atoms with van der Waals surface area (Å²) in [7, 11) is 1.61. The molecular weight excluding hydrogens is 350 g/mol. The summed E-state index contributed by atoms with van der Waals surface area (Å²) < 4.78 is 10.6. The number of ether oxygens (including phenoxy) is 2. The second-order valence-corrected chi connectivity index (χ2v) is 7.59. The van der Waals surface area contributed by atoms with Crippen LogP contribution in [0.15, 0.2) is 24.3 Å². The fourth-order valence-corrected chi connectivity index (χ4v) is 3.83. The van der Waals surface area contributed by atoms with Crippen LogP contribution in [0.2, 0.25) is 0 Å². The maximum atomic E-state index is 12.7. The number of hydrogen-bond donors (Lipinski definition) is 1. The second-order valence-electron chi connectivity index (χ2n) is 6.37. The van der Waals surface area contributed by atoms with Gasteiger partial charge in [0, 0.05) is 16.4 Å². The third-order valence-corrected chi connectivity index (χ3v) is 5.31. The molecule has 1 aromatic heterocycles. The van der Waals surface area contributed by atoms with Gasteiger partial charge in [0.15, 0.2) is 0 Å². The Kier molecular flexibility index (Phi) is 5.61. The van der Waals surface area contributed by atoms with Gasteiger partial charge in [-0.3, -0.25) is 4.79 Å². The van der Waals surface area contributed by atoms with Crippen LogP contribution in [-0.4, -0.2) is 25.6 Å². The molecular formula is C20H23NO4S. The molecule has 1 aliphatic carbocycles. The number of thiophene rings is 1. The van der Waals surface area contributed by atoms with E-state index in [-0.39, 0.29) is 11.8 Å². The number of anilines is 1. The van der Waals surface area contributed by atoms with Crippen molar-refractivity contribution in [2.75, 3.05) is 19.0 Å². The summed E-state index contributed by atoms with van der Waals surface area (Å²) in [4.78, 5) is 25.9. The van der Waals surface area contributed by atoms with E-state index in [2.05, 4.69) is 5.32 Å². The van der Waals surface area contributed by atoms with Crippen molar-refractivity contribution < 1.29 is 19.1 Å². The first-order valence-electron chi connectivity index (χ1n) is 8.81. The third kappa shape index (κ3) is 3.90. The summed E-state index contributed by atoms with van der Waals surface area (Å²) in [6, 6.07) is 7.54. The molecule has 2 aromatic rings. The molecule has 0 unspecified atom stereocenters. The Bertz CT molecular complexity index is 806. The lowest BCUT2D eigenvalue weighted by atomic mass is 10.0. The van der Waals surface area contributed by atoms with E-state index in [1.54, 1.807) is 7.11 Å². The van der Waals surface area contributed by atoms with Gasteiger partial charge in [0.25, 0.3) is 0 Å². The molecule has 1 heterocycles. The summed E-state index contributed by atoms with van der Waals surface area (Å²) in [5, 5.41) is 3.51. The Morgan fingerprint density at radius 3 is 2.50 bits per heavy atom. The van der Waals surface area contributed by atoms with Crippen LogP contribution in [0.5, 0.6) is 5.75 Å². The first-order valence-corrected chi connectivity index (χ1v) is 9.62. The fraction of sp³-hybridized carbons (Fsp3) is 0.400. The lowest BCUT2D eigenvalue weighted by Crippen LogP contribution is -2.16. The summed E-state index contributed by atoms with van der Waals surface area (Å²) >= 11 is 1.42. The average molecular weight is 373 g/mol. The molecule has 138 valence electrons. The summed E-state index contributed by atoms with van der Waals surface area (Å²) in [5.41, 5.74) is 2.15. The van der Waals surface area contributed by atoms with Crippen molar-refractivity contribution in [2.45, 2.75) is 33.1 Å². The highest BCUT2D eigenvalue weighted by Crippen LogP contribution is 2.42. The topological polar surface area (TPSA) is 64.6 Å². The van der Waals surface area contributed by atoms with Crippen LogP contribution in [0.3, 0.4) is 0 Å². The van der Waals surface area contributed by atoms with Crippen molar-refractivity contribution in [1.82, 2.24) is 0 Å². The van der Waals surface area contributed by atoms with E-state index >= 15 is 0 Å². The van der Waals surface area contributed by atoms with Crippen LogP contribution < -0.4 is 10.1 Å². The number of aryl methyl sites for hydroxylation is 1. The van der Waals surface area contributed by atoms with Gasteiger partial charge in [-0.25, -0.2) is 4.79 Å². The summed E-state index contributed by atoms with van der Waals surface area (Å²) in [6.07, 6.45) is 2.57. The molecule has 0 aliphatic heterocycles. The van der Waals surface area contributed by atoms with Gasteiger partial charge in [-0.15, -0.1) is 11.3 Å². The number of nitrogens with one attached hydrogen (secondary N) is 1. The molecule has 5 nitrogen and oxygen atoms in total. The molecule has 3 rings (SSSR count). The number of benzene rings is 1. The van der Waals surface area contributed by atoms with Crippen molar-refractivity contribution in [1.29, 1.82) is 0 Å². The normalized spacial score (nSPS) is 13.3. The molecule has 0 atom stereocenters. The van der Waals surface area contributed by atoms with Crippen molar-refractivity contribution >= 4 is 28.2 Å². The molecule has 1 fully saturated rings. The molecule has 0 saturated heterocycles. The van der Waals surface area contributed by atoms with Crippen LogP contribution >= 0.6 is 11.3 Å². The number of carbonyl (C=O) groups is 2. The van der Waals surface area contributed by atoms with Crippen molar-refractivity contribution in [3.63, 3.8) is 0 Å². The lowest BCUT2D eigenvalue weighted by molar-refractivity contribution is -0.117. The van der Waals surface area contributed by atoms with Crippen molar-refractivity contribution in [3.05, 3.63) is 34.7 Å². The second kappa shape index (κ2) is 7.91. The largest absolute Gasteiger partial charge is 0.497 e. The number of esters is 1. The number of hydrogen-bond acceptors (Lipinski definition) is 5. The van der Waals surface area contributed by atoms with Gasteiger partial charge in [-0.05, 0) is 43.9 Å². The number of carbonyl (C=O) groups excluding carboxylic acids is 2. The van der Waals surface area contributed by atoms with Crippen LogP contribution in [-0.2, 0) is 9.53 Å². The lowest BCUT2D eigenvalue weighted by Gasteiger charge is -2.10. The minimum Gasteiger partial charge on any atom is -0.497 e. The van der Waals surface area contributed by atoms with Gasteiger partial charge in [0.05, 0.1) is 13.7 Å². The molecule has 1 aromatic carbocycles. The zero-order valence-electron chi connectivity index (χ0n) is 15.3. The Morgan fingerprint density at radius 1 is 1.23 bits per heavy atom. The Morgan fingerprint density at radius 2 is 1.92 bits per heavy atom. The quantitative estimate of drug-likeness (QED) is 0.718. The highest BCUT2D eigenvalue weighted by Gasteiger charge is 2.32. The Hall–Kier alpha value is -2.34. The molecule has 26 heavy (non-hydrogen) atoms. The first kappa shape index (κ1) is 18.5. The molecule has 1 saturated carbocycles. The molecule has 1 aliphatic rings. The van der Waals surface area contributed by atoms with E-state index in [0.29, 0.717) is 17.2 Å². The van der Waals surface area contributed by atoms with Crippen molar-refractivity contribution in [2.24, 2.45) is 5.92 Å². The van der Waals surface area contributed by atoms with E-state index in [0.717, 1.165) is 41.0 Å². The van der Waals surface area contributed by atoms with Crippen LogP contribution in [0.25, 0.3) is 11.1 Å². The van der Waals surface area contributed by atoms with Gasteiger partial charge < -0.3 is 14.8 Å². The zero-order valence-corrected chi connectivity index (χ0v) is 16.1. The average Bonchev–Trinajstić information content (AvgIpc) is 3.44. The predicted octanol–water partition coefficient (Wildman–Crippen LogP) is 4.65. The smallest absolute Gasteiger partial charge is 0.341 e. The maximum absolute atomic E-state index is 12.7. The predicted molar refractivity (Wildman–Crippen MR) is 103 cm³/mol. The molecule has 6 heteroatoms. The van der Waals surface area contributed by atoms with Crippen LogP contribution in [0, 0.1) is 12.8 Å². The molecule has 1 N–H and O–H groups in total. The van der Waals surface area contributed by atoms with E-state index in [1.807, 2.05) is 38.1 Å². The minimum absolute atomic E-state index is 0.0166. The molecule has 0 spiro atoms. The first-order chi connectivity index (χ1) is 12.5. The molecule has 0 radical (unpaired) electrons. The van der Waals surface area contributed by atoms with Crippen LogP contribution in [0.4, 0.5) is 5.00 Å². The van der Waals surface area contributed by atoms with Gasteiger partial charge >= 0.3 is 5.97 Å². The van der Waals surface area contributed by atoms with Gasteiger partial charge in [-0.1, -0.05) is 19.1 Å². The number of rotatable bonds is 7. The SMILES string of the molecule is CCCOC(=O)c1c(NC(=O)C2CC2)sc(C)c1-c1ccc(OC)cc1. The standard InChI is InChI=1S/C20H23NO4S/c1-4-11-25-20(23)17-16(13-7-9-15(24-3)10-8-13)12(2)26-19(17)21-18(22)14-5-6-14/h7-10,14H,4-6,11H2,1-3H3,(H,21,22). The minimum atomic E-state index is -0.395. The van der Waals surface area contributed by atoms with Gasteiger partial charge in [0.2, 0.25) is 5.91 Å². The summed E-state index contributed by atoms with van der Waals surface area (Å²) in [6.45, 7) is 4.26. The Balaban J connectivity index is 2.01. The van der Waals surface area contributed by atoms with E-state index < -0.39 is 5.97 Å². The monoisotopic (exact) mass is 373 g/mol.